The number of carboxylic acid groups (broad SMARTS) is 1. The number of amides is 2. The second kappa shape index (κ2) is 10.1. The Labute approximate surface area is 157 Å². The van der Waals surface area contributed by atoms with E-state index in [1.807, 2.05) is 30.3 Å². The zero-order valence-electron chi connectivity index (χ0n) is 14.9. The van der Waals surface area contributed by atoms with Crippen LogP contribution in [0.25, 0.3) is 0 Å². The molecule has 2 amide bonds. The Hall–Kier alpha value is -3.19. The van der Waals surface area contributed by atoms with Gasteiger partial charge < -0.3 is 20.5 Å². The van der Waals surface area contributed by atoms with Crippen LogP contribution in [0.4, 0.5) is 0 Å². The molecule has 0 radical (unpaired) electrons. The van der Waals surface area contributed by atoms with Crippen LogP contribution in [0, 0.1) is 0 Å². The molecule has 0 saturated carbocycles. The van der Waals surface area contributed by atoms with Crippen LogP contribution < -0.4 is 10.6 Å². The molecule has 7 heteroatoms. The van der Waals surface area contributed by atoms with Gasteiger partial charge in [0.1, 0.15) is 6.04 Å². The van der Waals surface area contributed by atoms with Crippen LogP contribution in [-0.4, -0.2) is 48.7 Å². The first-order valence-electron chi connectivity index (χ1n) is 8.44. The van der Waals surface area contributed by atoms with Crippen LogP contribution in [0.15, 0.2) is 60.7 Å². The molecule has 142 valence electrons. The fourth-order valence-electron chi connectivity index (χ4n) is 2.48. The van der Waals surface area contributed by atoms with Crippen molar-refractivity contribution in [2.45, 2.75) is 18.6 Å². The van der Waals surface area contributed by atoms with Gasteiger partial charge in [-0.1, -0.05) is 48.5 Å². The molecule has 27 heavy (non-hydrogen) atoms. The molecule has 0 aliphatic carbocycles. The third-order valence-corrected chi connectivity index (χ3v) is 3.96. The van der Waals surface area contributed by atoms with Crippen molar-refractivity contribution >= 4 is 17.8 Å². The van der Waals surface area contributed by atoms with Gasteiger partial charge in [-0.05, 0) is 17.7 Å². The topological polar surface area (TPSA) is 105 Å². The van der Waals surface area contributed by atoms with E-state index >= 15 is 0 Å². The van der Waals surface area contributed by atoms with Crippen molar-refractivity contribution in [1.29, 1.82) is 0 Å². The number of methoxy groups -OCH3 is 1. The molecule has 0 saturated heterocycles. The maximum absolute atomic E-state index is 12.6. The first kappa shape index (κ1) is 20.1. The van der Waals surface area contributed by atoms with E-state index in [1.54, 1.807) is 30.3 Å². The molecule has 0 aromatic heterocycles. The van der Waals surface area contributed by atoms with Crippen molar-refractivity contribution in [1.82, 2.24) is 10.6 Å². The minimum atomic E-state index is -1.18. The van der Waals surface area contributed by atoms with Crippen LogP contribution in [0.3, 0.4) is 0 Å². The van der Waals surface area contributed by atoms with Gasteiger partial charge in [0, 0.05) is 19.1 Å². The Morgan fingerprint density at radius 3 is 2.15 bits per heavy atom. The molecular weight excluding hydrogens is 348 g/mol. The first-order valence-corrected chi connectivity index (χ1v) is 8.44. The van der Waals surface area contributed by atoms with Gasteiger partial charge in [0.25, 0.3) is 5.91 Å². The van der Waals surface area contributed by atoms with Crippen LogP contribution in [0.1, 0.15) is 15.9 Å². The van der Waals surface area contributed by atoms with Gasteiger partial charge in [0.15, 0.2) is 6.10 Å². The van der Waals surface area contributed by atoms with Gasteiger partial charge in [0.2, 0.25) is 5.91 Å². The summed E-state index contributed by atoms with van der Waals surface area (Å²) in [6.07, 6.45) is -0.883. The zero-order valence-corrected chi connectivity index (χ0v) is 14.9. The zero-order chi connectivity index (χ0) is 19.6. The first-order chi connectivity index (χ1) is 13.0. The predicted octanol–water partition coefficient (Wildman–Crippen LogP) is 1.24. The van der Waals surface area contributed by atoms with E-state index < -0.39 is 24.0 Å². The largest absolute Gasteiger partial charge is 0.479 e. The molecule has 2 atom stereocenters. The lowest BCUT2D eigenvalue weighted by Crippen LogP contribution is -2.50. The molecule has 0 bridgehead atoms. The van der Waals surface area contributed by atoms with E-state index in [9.17, 15) is 14.4 Å². The Morgan fingerprint density at radius 2 is 1.59 bits per heavy atom. The summed E-state index contributed by atoms with van der Waals surface area (Å²) in [7, 11) is 1.25. The fraction of sp³-hybridized carbons (Fsp3) is 0.250. The number of carboxylic acids is 1. The lowest BCUT2D eigenvalue weighted by Gasteiger charge is -2.20. The normalized spacial score (nSPS) is 12.6. The van der Waals surface area contributed by atoms with Crippen LogP contribution in [0.5, 0.6) is 0 Å². The number of nitrogens with one attached hydrogen (secondary N) is 2. The summed E-state index contributed by atoms with van der Waals surface area (Å²) in [5.41, 5.74) is 1.30. The van der Waals surface area contributed by atoms with Crippen molar-refractivity contribution in [2.24, 2.45) is 0 Å². The Morgan fingerprint density at radius 1 is 1.00 bits per heavy atom. The third kappa shape index (κ3) is 6.23. The van der Waals surface area contributed by atoms with E-state index in [0.29, 0.717) is 5.56 Å². The van der Waals surface area contributed by atoms with Crippen molar-refractivity contribution in [3.63, 3.8) is 0 Å². The van der Waals surface area contributed by atoms with Gasteiger partial charge in [-0.15, -0.1) is 0 Å². The molecule has 2 rings (SSSR count). The van der Waals surface area contributed by atoms with Crippen molar-refractivity contribution in [3.05, 3.63) is 71.8 Å². The van der Waals surface area contributed by atoms with E-state index in [0.717, 1.165) is 5.56 Å². The number of carbonyl (C=O) groups excluding carboxylic acids is 2. The fourth-order valence-corrected chi connectivity index (χ4v) is 2.48. The monoisotopic (exact) mass is 370 g/mol. The molecule has 0 fully saturated rings. The number of hydrogen-bond acceptors (Lipinski definition) is 4. The van der Waals surface area contributed by atoms with Crippen molar-refractivity contribution in [3.8, 4) is 0 Å². The van der Waals surface area contributed by atoms with Gasteiger partial charge in [-0.3, -0.25) is 9.59 Å². The summed E-state index contributed by atoms with van der Waals surface area (Å²) in [5.74, 6) is -2.04. The smallest absolute Gasteiger partial charge is 0.334 e. The summed E-state index contributed by atoms with van der Waals surface area (Å²) in [6.45, 7) is -0.197. The molecule has 2 aromatic rings. The minimum Gasteiger partial charge on any atom is -0.479 e. The number of hydrogen-bond donors (Lipinski definition) is 3. The highest BCUT2D eigenvalue weighted by Crippen LogP contribution is 2.06. The van der Waals surface area contributed by atoms with E-state index in [1.165, 1.54) is 7.11 Å². The standard InChI is InChI=1S/C20H22N2O5/c1-27-17(20(25)26)13-21-19(24)16(12-14-8-4-2-5-9-14)22-18(23)15-10-6-3-7-11-15/h2-11,16-17H,12-13H2,1H3,(H,21,24)(H,22,23)(H,25,26). The average Bonchev–Trinajstić information content (AvgIpc) is 2.69. The highest BCUT2D eigenvalue weighted by molar-refractivity contribution is 5.97. The lowest BCUT2D eigenvalue weighted by molar-refractivity contribution is -0.148. The number of ether oxygens (including phenoxy) is 1. The average molecular weight is 370 g/mol. The van der Waals surface area contributed by atoms with Crippen LogP contribution >= 0.6 is 0 Å². The molecular formula is C20H22N2O5. The van der Waals surface area contributed by atoms with E-state index in [-0.39, 0.29) is 18.9 Å². The summed E-state index contributed by atoms with van der Waals surface area (Å²) in [5, 5.41) is 14.3. The second-order valence-electron chi connectivity index (χ2n) is 5.89. The van der Waals surface area contributed by atoms with Crippen molar-refractivity contribution < 1.29 is 24.2 Å². The summed E-state index contributed by atoms with van der Waals surface area (Å²) >= 11 is 0. The lowest BCUT2D eigenvalue weighted by atomic mass is 10.0. The highest BCUT2D eigenvalue weighted by Gasteiger charge is 2.24. The van der Waals surface area contributed by atoms with E-state index in [2.05, 4.69) is 10.6 Å². The number of carbonyl (C=O) groups is 3. The number of rotatable bonds is 9. The predicted molar refractivity (Wildman–Crippen MR) is 99.3 cm³/mol. The minimum absolute atomic E-state index is 0.197. The maximum Gasteiger partial charge on any atom is 0.334 e. The van der Waals surface area contributed by atoms with Crippen LogP contribution in [-0.2, 0) is 20.7 Å². The number of aliphatic carboxylic acids is 1. The molecule has 2 unspecified atom stereocenters. The third-order valence-electron chi connectivity index (χ3n) is 3.96. The molecule has 7 nitrogen and oxygen atoms in total. The second-order valence-corrected chi connectivity index (χ2v) is 5.89. The SMILES string of the molecule is COC(CNC(=O)C(Cc1ccccc1)NC(=O)c1ccccc1)C(=O)O. The molecule has 3 N–H and O–H groups in total. The summed E-state index contributed by atoms with van der Waals surface area (Å²) in [4.78, 5) is 36.0. The molecule has 0 heterocycles. The van der Waals surface area contributed by atoms with Gasteiger partial charge in [0.05, 0.1) is 6.54 Å². The Balaban J connectivity index is 2.10. The van der Waals surface area contributed by atoms with E-state index in [4.69, 9.17) is 9.84 Å². The Bertz CT molecular complexity index is 764. The highest BCUT2D eigenvalue weighted by atomic mass is 16.5. The molecule has 2 aromatic carbocycles. The maximum atomic E-state index is 12.6. The van der Waals surface area contributed by atoms with Crippen molar-refractivity contribution in [2.75, 3.05) is 13.7 Å². The molecule has 0 aliphatic heterocycles. The summed E-state index contributed by atoms with van der Waals surface area (Å²) < 4.78 is 4.81. The molecule has 0 spiro atoms. The van der Waals surface area contributed by atoms with Gasteiger partial charge >= 0.3 is 5.97 Å². The number of benzene rings is 2. The van der Waals surface area contributed by atoms with Gasteiger partial charge in [-0.25, -0.2) is 4.79 Å². The quantitative estimate of drug-likeness (QED) is 0.616. The van der Waals surface area contributed by atoms with Crippen LogP contribution in [0.2, 0.25) is 0 Å². The summed E-state index contributed by atoms with van der Waals surface area (Å²) in [6, 6.07) is 17.0. The van der Waals surface area contributed by atoms with Gasteiger partial charge in [-0.2, -0.15) is 0 Å². The Kier molecular flexibility index (Phi) is 7.51. The molecule has 0 aliphatic rings.